The van der Waals surface area contributed by atoms with Crippen molar-refractivity contribution in [3.8, 4) is 0 Å². The van der Waals surface area contributed by atoms with E-state index in [1.807, 2.05) is 6.07 Å². The number of rotatable bonds is 2. The molecule has 4 nitrogen and oxygen atoms in total. The summed E-state index contributed by atoms with van der Waals surface area (Å²) in [6, 6.07) is 2.47. The SMILES string of the molecule is O=c1[nH]ccc2c(I)cn(CC3CCCCN3)c12. The topological polar surface area (TPSA) is 49.8 Å². The molecule has 0 aromatic carbocycles. The highest BCUT2D eigenvalue weighted by Crippen LogP contribution is 2.21. The van der Waals surface area contributed by atoms with Crippen LogP contribution in [0.3, 0.4) is 0 Å². The van der Waals surface area contributed by atoms with Crippen LogP contribution in [0, 0.1) is 3.57 Å². The summed E-state index contributed by atoms with van der Waals surface area (Å²) in [5, 5.41) is 4.58. The molecule has 0 bridgehead atoms. The first kappa shape index (κ1) is 12.2. The van der Waals surface area contributed by atoms with Crippen molar-refractivity contribution in [1.82, 2.24) is 14.9 Å². The van der Waals surface area contributed by atoms with Gasteiger partial charge in [-0.3, -0.25) is 4.79 Å². The molecule has 1 saturated heterocycles. The molecule has 0 radical (unpaired) electrons. The molecule has 2 aromatic heterocycles. The maximum atomic E-state index is 12.0. The summed E-state index contributed by atoms with van der Waals surface area (Å²) < 4.78 is 3.24. The van der Waals surface area contributed by atoms with Crippen LogP contribution in [-0.2, 0) is 6.54 Å². The van der Waals surface area contributed by atoms with E-state index in [2.05, 4.69) is 43.7 Å². The Morgan fingerprint density at radius 3 is 3.11 bits per heavy atom. The lowest BCUT2D eigenvalue weighted by Gasteiger charge is -2.24. The maximum Gasteiger partial charge on any atom is 0.272 e. The first-order chi connectivity index (χ1) is 8.75. The molecule has 0 saturated carbocycles. The Morgan fingerprint density at radius 1 is 1.44 bits per heavy atom. The van der Waals surface area contributed by atoms with Crippen LogP contribution in [0.1, 0.15) is 19.3 Å². The third kappa shape index (κ3) is 2.21. The van der Waals surface area contributed by atoms with Gasteiger partial charge in [0.15, 0.2) is 0 Å². The van der Waals surface area contributed by atoms with Crippen molar-refractivity contribution in [2.45, 2.75) is 31.8 Å². The molecule has 0 aliphatic carbocycles. The van der Waals surface area contributed by atoms with Crippen molar-refractivity contribution in [2.24, 2.45) is 0 Å². The van der Waals surface area contributed by atoms with Crippen molar-refractivity contribution in [1.29, 1.82) is 0 Å². The molecule has 1 unspecified atom stereocenters. The first-order valence-electron chi connectivity index (χ1n) is 6.35. The molecule has 2 aromatic rings. The van der Waals surface area contributed by atoms with Crippen LogP contribution in [-0.4, -0.2) is 22.1 Å². The Morgan fingerprint density at radius 2 is 2.33 bits per heavy atom. The second kappa shape index (κ2) is 5.05. The zero-order chi connectivity index (χ0) is 12.5. The number of pyridine rings is 1. The Kier molecular flexibility index (Phi) is 3.43. The molecule has 96 valence electrons. The number of aromatic nitrogens is 2. The molecular weight excluding hydrogens is 341 g/mol. The Bertz CT molecular complexity index is 610. The molecule has 1 aliphatic rings. The van der Waals surface area contributed by atoms with E-state index in [1.165, 1.54) is 19.3 Å². The van der Waals surface area contributed by atoms with Gasteiger partial charge in [0, 0.05) is 33.9 Å². The molecule has 1 atom stereocenters. The highest BCUT2D eigenvalue weighted by atomic mass is 127. The number of halogens is 1. The van der Waals surface area contributed by atoms with E-state index in [-0.39, 0.29) is 5.56 Å². The normalized spacial score (nSPS) is 20.4. The fraction of sp³-hybridized carbons (Fsp3) is 0.462. The first-order valence-corrected chi connectivity index (χ1v) is 7.43. The van der Waals surface area contributed by atoms with Crippen LogP contribution in [0.2, 0.25) is 0 Å². The monoisotopic (exact) mass is 357 g/mol. The van der Waals surface area contributed by atoms with Crippen LogP contribution in [0.5, 0.6) is 0 Å². The Hall–Kier alpha value is -0.820. The lowest BCUT2D eigenvalue weighted by Crippen LogP contribution is -2.37. The number of nitrogens with one attached hydrogen (secondary N) is 2. The second-order valence-corrected chi connectivity index (χ2v) is 6.01. The highest BCUT2D eigenvalue weighted by Gasteiger charge is 2.16. The van der Waals surface area contributed by atoms with Gasteiger partial charge in [-0.25, -0.2) is 0 Å². The van der Waals surface area contributed by atoms with E-state index >= 15 is 0 Å². The third-order valence-electron chi connectivity index (χ3n) is 3.58. The van der Waals surface area contributed by atoms with Gasteiger partial charge in [0.25, 0.3) is 5.56 Å². The van der Waals surface area contributed by atoms with Gasteiger partial charge in [0.1, 0.15) is 5.52 Å². The van der Waals surface area contributed by atoms with Crippen molar-refractivity contribution in [3.05, 3.63) is 32.4 Å². The van der Waals surface area contributed by atoms with E-state index in [0.717, 1.165) is 27.6 Å². The van der Waals surface area contributed by atoms with Crippen LogP contribution in [0.4, 0.5) is 0 Å². The standard InChI is InChI=1S/C13H16IN3O/c14-11-8-17(7-9-3-1-2-5-15-9)12-10(11)4-6-16-13(12)18/h4,6,8-9,15H,1-3,5,7H2,(H,16,18). The van der Waals surface area contributed by atoms with Gasteiger partial charge >= 0.3 is 0 Å². The molecule has 0 spiro atoms. The molecule has 0 amide bonds. The summed E-state index contributed by atoms with van der Waals surface area (Å²) in [6.45, 7) is 1.98. The molecule has 1 fully saturated rings. The highest BCUT2D eigenvalue weighted by molar-refractivity contribution is 14.1. The number of aromatic amines is 1. The quantitative estimate of drug-likeness (QED) is 0.809. The number of hydrogen-bond donors (Lipinski definition) is 2. The minimum atomic E-state index is 0.00576. The molecular formula is C13H16IN3O. The smallest absolute Gasteiger partial charge is 0.272 e. The molecule has 18 heavy (non-hydrogen) atoms. The molecule has 5 heteroatoms. The summed E-state index contributed by atoms with van der Waals surface area (Å²) in [5.74, 6) is 0. The number of fused-ring (bicyclic) bond motifs is 1. The fourth-order valence-corrected chi connectivity index (χ4v) is 3.45. The summed E-state index contributed by atoms with van der Waals surface area (Å²) in [6.07, 6.45) is 7.54. The van der Waals surface area contributed by atoms with Gasteiger partial charge in [0.05, 0.1) is 0 Å². The van der Waals surface area contributed by atoms with Gasteiger partial charge in [0.2, 0.25) is 0 Å². The fourth-order valence-electron chi connectivity index (χ4n) is 2.68. The largest absolute Gasteiger partial charge is 0.340 e. The summed E-state index contributed by atoms with van der Waals surface area (Å²) in [4.78, 5) is 14.7. The van der Waals surface area contributed by atoms with Gasteiger partial charge < -0.3 is 14.9 Å². The van der Waals surface area contributed by atoms with Crippen molar-refractivity contribution in [3.63, 3.8) is 0 Å². The lowest BCUT2D eigenvalue weighted by atomic mass is 10.1. The number of H-pyrrole nitrogens is 1. The van der Waals surface area contributed by atoms with Crippen molar-refractivity contribution in [2.75, 3.05) is 6.54 Å². The van der Waals surface area contributed by atoms with E-state index in [9.17, 15) is 4.79 Å². The van der Waals surface area contributed by atoms with E-state index < -0.39 is 0 Å². The predicted octanol–water partition coefficient (Wildman–Crippen LogP) is 2.08. The van der Waals surface area contributed by atoms with Gasteiger partial charge in [-0.15, -0.1) is 0 Å². The maximum absolute atomic E-state index is 12.0. The Labute approximate surface area is 119 Å². The summed E-state index contributed by atoms with van der Waals surface area (Å²) >= 11 is 2.30. The summed E-state index contributed by atoms with van der Waals surface area (Å²) in [7, 11) is 0. The third-order valence-corrected chi connectivity index (χ3v) is 4.44. The molecule has 2 N–H and O–H groups in total. The van der Waals surface area contributed by atoms with Crippen LogP contribution >= 0.6 is 22.6 Å². The predicted molar refractivity (Wildman–Crippen MR) is 80.9 cm³/mol. The van der Waals surface area contributed by atoms with Gasteiger partial charge in [-0.1, -0.05) is 6.42 Å². The van der Waals surface area contributed by atoms with Gasteiger partial charge in [-0.2, -0.15) is 0 Å². The minimum absolute atomic E-state index is 0.00576. The number of nitrogens with zero attached hydrogens (tertiary/aromatic N) is 1. The van der Waals surface area contributed by atoms with E-state index in [4.69, 9.17) is 0 Å². The second-order valence-electron chi connectivity index (χ2n) is 4.85. The average molecular weight is 357 g/mol. The van der Waals surface area contributed by atoms with Crippen LogP contribution in [0.15, 0.2) is 23.3 Å². The van der Waals surface area contributed by atoms with Gasteiger partial charge in [-0.05, 0) is 48.0 Å². The number of piperidine rings is 1. The van der Waals surface area contributed by atoms with E-state index in [1.54, 1.807) is 6.20 Å². The minimum Gasteiger partial charge on any atom is -0.340 e. The molecule has 3 heterocycles. The number of hydrogen-bond acceptors (Lipinski definition) is 2. The van der Waals surface area contributed by atoms with E-state index in [0.29, 0.717) is 6.04 Å². The zero-order valence-corrected chi connectivity index (χ0v) is 12.2. The summed E-state index contributed by atoms with van der Waals surface area (Å²) in [5.41, 5.74) is 0.806. The Balaban J connectivity index is 1.98. The van der Waals surface area contributed by atoms with Crippen molar-refractivity contribution >= 4 is 33.5 Å². The van der Waals surface area contributed by atoms with Crippen LogP contribution < -0.4 is 10.9 Å². The van der Waals surface area contributed by atoms with Crippen LogP contribution in [0.25, 0.3) is 10.9 Å². The average Bonchev–Trinajstić information content (AvgIpc) is 2.69. The molecule has 1 aliphatic heterocycles. The molecule has 3 rings (SSSR count). The van der Waals surface area contributed by atoms with Crippen molar-refractivity contribution < 1.29 is 0 Å². The zero-order valence-electron chi connectivity index (χ0n) is 10.1. The lowest BCUT2D eigenvalue weighted by molar-refractivity contribution is 0.366.